The van der Waals surface area contributed by atoms with Crippen LogP contribution in [0.2, 0.25) is 0 Å². The van der Waals surface area contributed by atoms with Crippen LogP contribution in [0.15, 0.2) is 192 Å². The predicted octanol–water partition coefficient (Wildman–Crippen LogP) is 13.8. The van der Waals surface area contributed by atoms with E-state index < -0.39 is 0 Å². The Balaban J connectivity index is 1.06. The number of hydrogen-bond acceptors (Lipinski definition) is 2. The predicted molar refractivity (Wildman–Crippen MR) is 212 cm³/mol. The molecule has 2 nitrogen and oxygen atoms in total. The number of fused-ring (bicyclic) bond motifs is 8. The average Bonchev–Trinajstić information content (AvgIpc) is 3.56. The molecule has 0 atom stereocenters. The zero-order valence-electron chi connectivity index (χ0n) is 27.3. The number of hydrogen-bond donors (Lipinski definition) is 0. The first kappa shape index (κ1) is 28.4. The first-order valence-electron chi connectivity index (χ1n) is 17.1. The molecule has 0 aliphatic rings. The first-order valence-corrected chi connectivity index (χ1v) is 17.1. The van der Waals surface area contributed by atoms with Gasteiger partial charge < -0.3 is 9.32 Å². The van der Waals surface area contributed by atoms with Crippen molar-refractivity contribution in [2.24, 2.45) is 0 Å². The highest BCUT2D eigenvalue weighted by molar-refractivity contribution is 6.20. The summed E-state index contributed by atoms with van der Waals surface area (Å²) in [6, 6.07) is 67.5. The molecule has 10 aromatic rings. The molecule has 0 amide bonds. The van der Waals surface area contributed by atoms with Crippen molar-refractivity contribution in [1.29, 1.82) is 0 Å². The first-order chi connectivity index (χ1) is 24.8. The van der Waals surface area contributed by atoms with E-state index in [2.05, 4.69) is 181 Å². The molecule has 0 radical (unpaired) electrons. The molecule has 2 heteroatoms. The highest BCUT2D eigenvalue weighted by atomic mass is 16.3. The fourth-order valence-corrected chi connectivity index (χ4v) is 7.55. The van der Waals surface area contributed by atoms with Crippen LogP contribution in [0, 0.1) is 0 Å². The van der Waals surface area contributed by atoms with E-state index >= 15 is 0 Å². The Morgan fingerprint density at radius 3 is 1.60 bits per heavy atom. The number of benzene rings is 9. The molecular weight excluding hydrogens is 607 g/mol. The quantitative estimate of drug-likeness (QED) is 0.175. The largest absolute Gasteiger partial charge is 0.456 e. The summed E-state index contributed by atoms with van der Waals surface area (Å²) in [6.45, 7) is 0. The third-order valence-electron chi connectivity index (χ3n) is 10.0. The Bertz CT molecular complexity index is 2850. The van der Waals surface area contributed by atoms with E-state index in [4.69, 9.17) is 4.42 Å². The Morgan fingerprint density at radius 2 is 0.820 bits per heavy atom. The third kappa shape index (κ3) is 4.73. The molecule has 0 spiro atoms. The van der Waals surface area contributed by atoms with E-state index in [1.165, 1.54) is 54.6 Å². The maximum absolute atomic E-state index is 6.33. The summed E-state index contributed by atoms with van der Waals surface area (Å²) >= 11 is 0. The molecule has 0 fully saturated rings. The molecule has 0 N–H and O–H groups in total. The number of anilines is 3. The van der Waals surface area contributed by atoms with E-state index in [9.17, 15) is 0 Å². The molecule has 50 heavy (non-hydrogen) atoms. The van der Waals surface area contributed by atoms with Gasteiger partial charge in [-0.05, 0) is 103 Å². The second-order valence-corrected chi connectivity index (χ2v) is 13.0. The number of rotatable bonds is 5. The third-order valence-corrected chi connectivity index (χ3v) is 10.0. The zero-order valence-corrected chi connectivity index (χ0v) is 27.3. The highest BCUT2D eigenvalue weighted by Gasteiger charge is 2.16. The van der Waals surface area contributed by atoms with Crippen LogP contribution in [-0.2, 0) is 0 Å². The van der Waals surface area contributed by atoms with E-state index in [1.807, 2.05) is 12.1 Å². The van der Waals surface area contributed by atoms with Crippen molar-refractivity contribution in [3.63, 3.8) is 0 Å². The second-order valence-electron chi connectivity index (χ2n) is 13.0. The van der Waals surface area contributed by atoms with Crippen LogP contribution in [0.4, 0.5) is 17.1 Å². The molecule has 10 rings (SSSR count). The molecule has 0 aliphatic carbocycles. The van der Waals surface area contributed by atoms with Crippen molar-refractivity contribution < 1.29 is 4.42 Å². The molecule has 0 saturated carbocycles. The fourth-order valence-electron chi connectivity index (χ4n) is 7.55. The van der Waals surface area contributed by atoms with E-state index in [0.717, 1.165) is 39.0 Å². The minimum Gasteiger partial charge on any atom is -0.456 e. The van der Waals surface area contributed by atoms with Crippen LogP contribution in [0.3, 0.4) is 0 Å². The molecular formula is C48H31NO. The van der Waals surface area contributed by atoms with Crippen molar-refractivity contribution in [1.82, 2.24) is 0 Å². The summed E-state index contributed by atoms with van der Waals surface area (Å²) in [5.41, 5.74) is 9.76. The number of furan rings is 1. The minimum atomic E-state index is 0.877. The zero-order chi connectivity index (χ0) is 33.0. The van der Waals surface area contributed by atoms with Gasteiger partial charge in [-0.15, -0.1) is 0 Å². The van der Waals surface area contributed by atoms with Gasteiger partial charge in [-0.25, -0.2) is 0 Å². The van der Waals surface area contributed by atoms with Gasteiger partial charge in [-0.2, -0.15) is 0 Å². The number of para-hydroxylation sites is 1. The monoisotopic (exact) mass is 637 g/mol. The second kappa shape index (κ2) is 11.5. The average molecular weight is 638 g/mol. The summed E-state index contributed by atoms with van der Waals surface area (Å²) in [6.07, 6.45) is 0. The van der Waals surface area contributed by atoms with Crippen LogP contribution in [0.5, 0.6) is 0 Å². The van der Waals surface area contributed by atoms with Gasteiger partial charge in [0, 0.05) is 33.9 Å². The van der Waals surface area contributed by atoms with Crippen molar-refractivity contribution in [3.05, 3.63) is 188 Å². The number of nitrogens with zero attached hydrogens (tertiary/aromatic N) is 1. The fraction of sp³-hybridized carbons (Fsp3) is 0. The lowest BCUT2D eigenvalue weighted by Gasteiger charge is -2.26. The molecule has 234 valence electrons. The molecule has 1 aromatic heterocycles. The Morgan fingerprint density at radius 1 is 0.300 bits per heavy atom. The normalized spacial score (nSPS) is 11.6. The molecule has 1 heterocycles. The summed E-state index contributed by atoms with van der Waals surface area (Å²) in [4.78, 5) is 2.31. The van der Waals surface area contributed by atoms with Crippen LogP contribution < -0.4 is 4.90 Å². The van der Waals surface area contributed by atoms with Crippen LogP contribution in [0.25, 0.3) is 76.5 Å². The van der Waals surface area contributed by atoms with E-state index in [-0.39, 0.29) is 0 Å². The van der Waals surface area contributed by atoms with Gasteiger partial charge in [-0.1, -0.05) is 133 Å². The molecule has 0 aliphatic heterocycles. The van der Waals surface area contributed by atoms with Gasteiger partial charge in [0.1, 0.15) is 11.2 Å². The Kier molecular flexibility index (Phi) is 6.53. The van der Waals surface area contributed by atoms with Gasteiger partial charge in [0.25, 0.3) is 0 Å². The topological polar surface area (TPSA) is 16.4 Å². The highest BCUT2D eigenvalue weighted by Crippen LogP contribution is 2.40. The van der Waals surface area contributed by atoms with Crippen molar-refractivity contribution in [2.75, 3.05) is 4.90 Å². The van der Waals surface area contributed by atoms with Gasteiger partial charge in [0.05, 0.1) is 0 Å². The summed E-state index contributed by atoms with van der Waals surface area (Å²) in [7, 11) is 0. The van der Waals surface area contributed by atoms with Gasteiger partial charge in [-0.3, -0.25) is 0 Å². The van der Waals surface area contributed by atoms with Crippen LogP contribution >= 0.6 is 0 Å². The smallest absolute Gasteiger partial charge is 0.137 e. The molecule has 9 aromatic carbocycles. The standard InChI is InChI=1S/C48H31NO/c1-2-8-32(9-3-1)33-18-23-39(24-19-33)49(41-27-29-45-44-12-6-7-13-46(44)50-47(45)31-41)40-25-20-34(21-26-40)37-22-28-43-38(30-37)17-16-36-15-14-35-10-4-5-11-42(35)48(36)43/h1-31H. The minimum absolute atomic E-state index is 0.877. The Labute approximate surface area is 290 Å². The van der Waals surface area contributed by atoms with Crippen molar-refractivity contribution in [2.45, 2.75) is 0 Å². The maximum Gasteiger partial charge on any atom is 0.137 e. The van der Waals surface area contributed by atoms with Gasteiger partial charge in [0.15, 0.2) is 0 Å². The van der Waals surface area contributed by atoms with Crippen molar-refractivity contribution in [3.8, 4) is 22.3 Å². The van der Waals surface area contributed by atoms with Gasteiger partial charge >= 0.3 is 0 Å². The summed E-state index contributed by atoms with van der Waals surface area (Å²) in [5.74, 6) is 0. The van der Waals surface area contributed by atoms with Crippen molar-refractivity contribution >= 4 is 71.3 Å². The van der Waals surface area contributed by atoms with E-state index in [1.54, 1.807) is 0 Å². The summed E-state index contributed by atoms with van der Waals surface area (Å²) < 4.78 is 6.33. The summed E-state index contributed by atoms with van der Waals surface area (Å²) in [5, 5.41) is 9.94. The van der Waals surface area contributed by atoms with Gasteiger partial charge in [0.2, 0.25) is 0 Å². The molecule has 0 saturated heterocycles. The lowest BCUT2D eigenvalue weighted by atomic mass is 9.94. The SMILES string of the molecule is c1ccc(-c2ccc(N(c3ccc(-c4ccc5c(ccc6ccc7ccccc7c65)c4)cc3)c3ccc4c(c3)oc3ccccc34)cc2)cc1. The Hall–Kier alpha value is -6.64. The molecule has 0 unspecified atom stereocenters. The van der Waals surface area contributed by atoms with Crippen LogP contribution in [0.1, 0.15) is 0 Å². The van der Waals surface area contributed by atoms with Crippen LogP contribution in [-0.4, -0.2) is 0 Å². The maximum atomic E-state index is 6.33. The van der Waals surface area contributed by atoms with E-state index in [0.29, 0.717) is 0 Å². The lowest BCUT2D eigenvalue weighted by molar-refractivity contribution is 0.669. The lowest BCUT2D eigenvalue weighted by Crippen LogP contribution is -2.09. The molecule has 0 bridgehead atoms.